The number of rotatable bonds is 5. The van der Waals surface area contributed by atoms with Crippen LogP contribution in [-0.2, 0) is 10.2 Å². The van der Waals surface area contributed by atoms with E-state index in [9.17, 15) is 4.79 Å². The lowest BCUT2D eigenvalue weighted by molar-refractivity contribution is -0.118. The fraction of sp³-hybridized carbons (Fsp3) is 0.350. The molecule has 25 heavy (non-hydrogen) atoms. The van der Waals surface area contributed by atoms with Crippen LogP contribution in [0.25, 0.3) is 0 Å². The second-order valence-corrected chi connectivity index (χ2v) is 7.85. The normalized spacial score (nSPS) is 11.1. The van der Waals surface area contributed by atoms with Crippen molar-refractivity contribution in [3.05, 3.63) is 52.0 Å². The summed E-state index contributed by atoms with van der Waals surface area (Å²) >= 11 is 3.49. The zero-order chi connectivity index (χ0) is 18.6. The number of carbonyl (C=O) groups excluding carboxylic acids is 1. The smallest absolute Gasteiger partial charge is 0.262 e. The van der Waals surface area contributed by atoms with E-state index in [2.05, 4.69) is 42.0 Å². The molecule has 0 spiro atoms. The lowest BCUT2D eigenvalue weighted by Gasteiger charge is -2.23. The molecule has 0 fully saturated rings. The summed E-state index contributed by atoms with van der Waals surface area (Å²) < 4.78 is 12.0. The minimum absolute atomic E-state index is 0.0677. The molecule has 134 valence electrons. The number of benzene rings is 2. The molecule has 1 amide bonds. The summed E-state index contributed by atoms with van der Waals surface area (Å²) in [6, 6.07) is 11.5. The van der Waals surface area contributed by atoms with Crippen molar-refractivity contribution in [1.82, 2.24) is 0 Å². The monoisotopic (exact) mass is 405 g/mol. The number of aryl methyl sites for hydroxylation is 1. The number of methoxy groups -OCH3 is 1. The lowest BCUT2D eigenvalue weighted by Crippen LogP contribution is -2.22. The molecule has 0 aromatic heterocycles. The van der Waals surface area contributed by atoms with Gasteiger partial charge in [-0.05, 0) is 48.2 Å². The van der Waals surface area contributed by atoms with Gasteiger partial charge < -0.3 is 14.8 Å². The van der Waals surface area contributed by atoms with E-state index in [1.54, 1.807) is 7.11 Å². The number of amides is 1. The third-order valence-corrected chi connectivity index (χ3v) is 4.23. The third-order valence-electron chi connectivity index (χ3n) is 3.74. The molecule has 2 aromatic rings. The van der Waals surface area contributed by atoms with E-state index >= 15 is 0 Å². The van der Waals surface area contributed by atoms with Crippen LogP contribution in [0.15, 0.2) is 40.9 Å². The van der Waals surface area contributed by atoms with Gasteiger partial charge in [-0.3, -0.25) is 4.79 Å². The number of ether oxygens (including phenoxy) is 2. The van der Waals surface area contributed by atoms with Crippen LogP contribution in [0.4, 0.5) is 5.69 Å². The highest BCUT2D eigenvalue weighted by Crippen LogP contribution is 2.33. The van der Waals surface area contributed by atoms with Crippen LogP contribution in [0, 0.1) is 6.92 Å². The molecule has 0 aliphatic carbocycles. The molecule has 2 aromatic carbocycles. The topological polar surface area (TPSA) is 47.6 Å². The molecular formula is C20H24BrNO3. The van der Waals surface area contributed by atoms with Crippen molar-refractivity contribution in [3.8, 4) is 11.5 Å². The van der Waals surface area contributed by atoms with E-state index in [4.69, 9.17) is 9.47 Å². The van der Waals surface area contributed by atoms with Crippen molar-refractivity contribution in [3.63, 3.8) is 0 Å². The van der Waals surface area contributed by atoms with Crippen LogP contribution in [0.2, 0.25) is 0 Å². The molecule has 0 bridgehead atoms. The Morgan fingerprint density at radius 2 is 1.80 bits per heavy atom. The van der Waals surface area contributed by atoms with Crippen molar-refractivity contribution < 1.29 is 14.3 Å². The van der Waals surface area contributed by atoms with Crippen molar-refractivity contribution in [1.29, 1.82) is 0 Å². The van der Waals surface area contributed by atoms with Crippen LogP contribution >= 0.6 is 15.9 Å². The molecule has 4 nitrogen and oxygen atoms in total. The van der Waals surface area contributed by atoms with Crippen LogP contribution in [-0.4, -0.2) is 19.6 Å². The maximum atomic E-state index is 12.3. The standard InChI is InChI=1S/C20H24BrNO3/c1-13-6-8-18(24-5)16(10-13)22-19(23)12-25-17-9-7-14(21)11-15(17)20(2,3)4/h6-11H,12H2,1-5H3,(H,22,23). The Balaban J connectivity index is 2.10. The van der Waals surface area contributed by atoms with E-state index in [1.165, 1.54) is 0 Å². The first-order valence-electron chi connectivity index (χ1n) is 8.08. The summed E-state index contributed by atoms with van der Waals surface area (Å²) in [5, 5.41) is 2.84. The molecule has 2 rings (SSSR count). The largest absolute Gasteiger partial charge is 0.495 e. The second-order valence-electron chi connectivity index (χ2n) is 6.93. The molecular weight excluding hydrogens is 382 g/mol. The van der Waals surface area contributed by atoms with Gasteiger partial charge in [-0.1, -0.05) is 42.8 Å². The highest BCUT2D eigenvalue weighted by Gasteiger charge is 2.20. The zero-order valence-corrected chi connectivity index (χ0v) is 16.9. The Morgan fingerprint density at radius 3 is 2.44 bits per heavy atom. The van der Waals surface area contributed by atoms with Gasteiger partial charge in [0.05, 0.1) is 12.8 Å². The molecule has 1 N–H and O–H groups in total. The Bertz CT molecular complexity index is 766. The highest BCUT2D eigenvalue weighted by molar-refractivity contribution is 9.10. The summed E-state index contributed by atoms with van der Waals surface area (Å²) in [6.07, 6.45) is 0. The maximum absolute atomic E-state index is 12.3. The Kier molecular flexibility index (Phi) is 6.11. The number of carbonyl (C=O) groups is 1. The number of halogens is 1. The number of hydrogen-bond donors (Lipinski definition) is 1. The Labute approximate surface area is 157 Å². The molecule has 0 unspecified atom stereocenters. The van der Waals surface area contributed by atoms with Gasteiger partial charge in [0.1, 0.15) is 11.5 Å². The van der Waals surface area contributed by atoms with E-state index in [0.717, 1.165) is 15.6 Å². The van der Waals surface area contributed by atoms with Crippen LogP contribution in [0.1, 0.15) is 31.9 Å². The van der Waals surface area contributed by atoms with Gasteiger partial charge in [0, 0.05) is 10.0 Å². The first kappa shape index (κ1) is 19.3. The Hall–Kier alpha value is -2.01. The molecule has 0 radical (unpaired) electrons. The highest BCUT2D eigenvalue weighted by atomic mass is 79.9. The predicted octanol–water partition coefficient (Wildman–Crippen LogP) is 5.08. The quantitative estimate of drug-likeness (QED) is 0.753. The van der Waals surface area contributed by atoms with Gasteiger partial charge in [0.25, 0.3) is 5.91 Å². The molecule has 0 atom stereocenters. The summed E-state index contributed by atoms with van der Waals surface area (Å²) in [4.78, 5) is 12.3. The molecule has 0 saturated carbocycles. The van der Waals surface area contributed by atoms with Crippen molar-refractivity contribution in [2.24, 2.45) is 0 Å². The predicted molar refractivity (Wildman–Crippen MR) is 105 cm³/mol. The second kappa shape index (κ2) is 7.91. The van der Waals surface area contributed by atoms with Crippen LogP contribution < -0.4 is 14.8 Å². The van der Waals surface area contributed by atoms with E-state index in [-0.39, 0.29) is 17.9 Å². The van der Waals surface area contributed by atoms with Gasteiger partial charge in [-0.15, -0.1) is 0 Å². The summed E-state index contributed by atoms with van der Waals surface area (Å²) in [6.45, 7) is 8.22. The van der Waals surface area contributed by atoms with Gasteiger partial charge in [-0.25, -0.2) is 0 Å². The van der Waals surface area contributed by atoms with Crippen molar-refractivity contribution >= 4 is 27.5 Å². The zero-order valence-electron chi connectivity index (χ0n) is 15.3. The van der Waals surface area contributed by atoms with Gasteiger partial charge in [0.2, 0.25) is 0 Å². The summed E-state index contributed by atoms with van der Waals surface area (Å²) in [5.74, 6) is 1.10. The fourth-order valence-electron chi connectivity index (χ4n) is 2.46. The van der Waals surface area contributed by atoms with E-state index < -0.39 is 0 Å². The minimum Gasteiger partial charge on any atom is -0.495 e. The van der Waals surface area contributed by atoms with Gasteiger partial charge in [-0.2, -0.15) is 0 Å². The first-order chi connectivity index (χ1) is 11.7. The Morgan fingerprint density at radius 1 is 1.12 bits per heavy atom. The average molecular weight is 406 g/mol. The average Bonchev–Trinajstić information content (AvgIpc) is 2.53. The summed E-state index contributed by atoms with van der Waals surface area (Å²) in [7, 11) is 1.58. The van der Waals surface area contributed by atoms with Gasteiger partial charge in [0.15, 0.2) is 6.61 Å². The van der Waals surface area contributed by atoms with Crippen molar-refractivity contribution in [2.45, 2.75) is 33.1 Å². The molecule has 5 heteroatoms. The van der Waals surface area contributed by atoms with Crippen molar-refractivity contribution in [2.75, 3.05) is 19.0 Å². The number of hydrogen-bond acceptors (Lipinski definition) is 3. The third kappa shape index (κ3) is 5.23. The van der Waals surface area contributed by atoms with Gasteiger partial charge >= 0.3 is 0 Å². The SMILES string of the molecule is COc1ccc(C)cc1NC(=O)COc1ccc(Br)cc1C(C)(C)C. The maximum Gasteiger partial charge on any atom is 0.262 e. The minimum atomic E-state index is -0.230. The summed E-state index contributed by atoms with van der Waals surface area (Å²) in [5.41, 5.74) is 2.64. The fourth-order valence-corrected chi connectivity index (χ4v) is 2.82. The number of anilines is 1. The van der Waals surface area contributed by atoms with E-state index in [1.807, 2.05) is 43.3 Å². The van der Waals surface area contributed by atoms with Crippen LogP contribution in [0.3, 0.4) is 0 Å². The molecule has 0 saturated heterocycles. The van der Waals surface area contributed by atoms with E-state index in [0.29, 0.717) is 17.2 Å². The molecule has 0 aliphatic heterocycles. The first-order valence-corrected chi connectivity index (χ1v) is 8.87. The number of nitrogens with one attached hydrogen (secondary N) is 1. The molecule has 0 aliphatic rings. The van der Waals surface area contributed by atoms with Crippen LogP contribution in [0.5, 0.6) is 11.5 Å². The lowest BCUT2D eigenvalue weighted by atomic mass is 9.86. The molecule has 0 heterocycles.